The van der Waals surface area contributed by atoms with Crippen molar-refractivity contribution in [3.05, 3.63) is 0 Å². The maximum atomic E-state index is 11.7. The molecule has 0 radical (unpaired) electrons. The molecule has 0 aliphatic heterocycles. The molecule has 3 heteroatoms. The van der Waals surface area contributed by atoms with Crippen LogP contribution in [0.4, 0.5) is 0 Å². The van der Waals surface area contributed by atoms with Crippen molar-refractivity contribution < 1.29 is 9.90 Å². The summed E-state index contributed by atoms with van der Waals surface area (Å²) in [6.45, 7) is 1.01. The molecular weight excluding hydrogens is 226 g/mol. The van der Waals surface area contributed by atoms with Crippen LogP contribution in [0.5, 0.6) is 0 Å². The number of hydrogen-bond acceptors (Lipinski definition) is 2. The fourth-order valence-corrected chi connectivity index (χ4v) is 5.12. The lowest BCUT2D eigenvalue weighted by atomic mass is 9.49. The van der Waals surface area contributed by atoms with Crippen LogP contribution >= 0.6 is 0 Å². The van der Waals surface area contributed by atoms with E-state index in [-0.39, 0.29) is 12.5 Å². The zero-order chi connectivity index (χ0) is 12.6. The van der Waals surface area contributed by atoms with Crippen LogP contribution in [0, 0.1) is 23.2 Å². The van der Waals surface area contributed by atoms with Gasteiger partial charge in [-0.15, -0.1) is 0 Å². The highest BCUT2D eigenvalue weighted by molar-refractivity contribution is 5.75. The molecule has 2 N–H and O–H groups in total. The van der Waals surface area contributed by atoms with E-state index in [1.165, 1.54) is 38.5 Å². The number of carbonyl (C=O) groups excluding carboxylic acids is 1. The van der Waals surface area contributed by atoms with Gasteiger partial charge in [0.1, 0.15) is 0 Å². The number of rotatable bonds is 5. The third-order valence-corrected chi connectivity index (χ3v) is 5.39. The van der Waals surface area contributed by atoms with Gasteiger partial charge < -0.3 is 10.4 Å². The Morgan fingerprint density at radius 3 is 2.17 bits per heavy atom. The second kappa shape index (κ2) is 4.84. The van der Waals surface area contributed by atoms with Crippen LogP contribution in [0.3, 0.4) is 0 Å². The molecule has 0 atom stereocenters. The SMILES string of the molecule is O=C(CCCO)NCC12CC3CC(CC(C3)C1)C2. The number of aliphatic hydroxyl groups is 1. The van der Waals surface area contributed by atoms with Crippen molar-refractivity contribution in [2.45, 2.75) is 51.4 Å². The Labute approximate surface area is 109 Å². The number of hydrogen-bond donors (Lipinski definition) is 2. The quantitative estimate of drug-likeness (QED) is 0.786. The Hall–Kier alpha value is -0.570. The van der Waals surface area contributed by atoms with Gasteiger partial charge in [0.2, 0.25) is 5.91 Å². The minimum Gasteiger partial charge on any atom is -0.396 e. The summed E-state index contributed by atoms with van der Waals surface area (Å²) in [6, 6.07) is 0. The lowest BCUT2D eigenvalue weighted by molar-refractivity contribution is -0.123. The molecule has 0 aromatic rings. The van der Waals surface area contributed by atoms with Crippen molar-refractivity contribution in [3.8, 4) is 0 Å². The van der Waals surface area contributed by atoms with Crippen molar-refractivity contribution in [2.24, 2.45) is 23.2 Å². The summed E-state index contributed by atoms with van der Waals surface area (Å²) < 4.78 is 0. The molecule has 0 aromatic heterocycles. The van der Waals surface area contributed by atoms with Gasteiger partial charge in [-0.05, 0) is 68.1 Å². The van der Waals surface area contributed by atoms with E-state index in [9.17, 15) is 4.79 Å². The largest absolute Gasteiger partial charge is 0.396 e. The molecule has 4 aliphatic carbocycles. The number of amides is 1. The highest BCUT2D eigenvalue weighted by Crippen LogP contribution is 2.59. The second-order valence-electron chi connectivity index (χ2n) is 7.02. The van der Waals surface area contributed by atoms with Crippen molar-refractivity contribution in [2.75, 3.05) is 13.2 Å². The Bertz CT molecular complexity index is 291. The van der Waals surface area contributed by atoms with Crippen LogP contribution in [0.15, 0.2) is 0 Å². The van der Waals surface area contributed by atoms with Gasteiger partial charge in [-0.2, -0.15) is 0 Å². The van der Waals surface area contributed by atoms with Crippen molar-refractivity contribution in [1.82, 2.24) is 5.32 Å². The molecular formula is C15H25NO2. The van der Waals surface area contributed by atoms with Crippen molar-refractivity contribution >= 4 is 5.91 Å². The Balaban J connectivity index is 1.54. The first kappa shape index (κ1) is 12.5. The standard InChI is InChI=1S/C15H25NO2/c17-3-1-2-14(18)16-10-15-7-11-4-12(8-15)6-13(5-11)9-15/h11-13,17H,1-10H2,(H,16,18). The van der Waals surface area contributed by atoms with E-state index in [0.29, 0.717) is 18.3 Å². The lowest BCUT2D eigenvalue weighted by Gasteiger charge is -2.56. The molecule has 0 spiro atoms. The average molecular weight is 251 g/mol. The maximum Gasteiger partial charge on any atom is 0.220 e. The third-order valence-electron chi connectivity index (χ3n) is 5.39. The summed E-state index contributed by atoms with van der Waals surface area (Å²) in [4.78, 5) is 11.7. The first-order chi connectivity index (χ1) is 8.69. The van der Waals surface area contributed by atoms with Gasteiger partial charge in [-0.25, -0.2) is 0 Å². The van der Waals surface area contributed by atoms with Gasteiger partial charge in [-0.3, -0.25) is 4.79 Å². The van der Waals surface area contributed by atoms with Gasteiger partial charge in [-0.1, -0.05) is 0 Å². The first-order valence-electron chi connectivity index (χ1n) is 7.57. The van der Waals surface area contributed by atoms with E-state index >= 15 is 0 Å². The summed E-state index contributed by atoms with van der Waals surface area (Å²) in [5.74, 6) is 2.97. The molecule has 18 heavy (non-hydrogen) atoms. The van der Waals surface area contributed by atoms with E-state index in [4.69, 9.17) is 5.11 Å². The normalized spacial score (nSPS) is 41.1. The topological polar surface area (TPSA) is 49.3 Å². The van der Waals surface area contributed by atoms with Gasteiger partial charge in [0.25, 0.3) is 0 Å². The molecule has 1 amide bonds. The maximum absolute atomic E-state index is 11.7. The van der Waals surface area contributed by atoms with Crippen molar-refractivity contribution in [1.29, 1.82) is 0 Å². The molecule has 4 rings (SSSR count). The van der Waals surface area contributed by atoms with Gasteiger partial charge >= 0.3 is 0 Å². The zero-order valence-electron chi connectivity index (χ0n) is 11.2. The van der Waals surface area contributed by atoms with E-state index in [1.807, 2.05) is 0 Å². The Kier molecular flexibility index (Phi) is 3.35. The summed E-state index contributed by atoms with van der Waals surface area (Å²) in [7, 11) is 0. The minimum atomic E-state index is 0.116. The van der Waals surface area contributed by atoms with E-state index in [1.54, 1.807) is 0 Å². The summed E-state index contributed by atoms with van der Waals surface area (Å²) in [6.07, 6.45) is 9.47. The lowest BCUT2D eigenvalue weighted by Crippen LogP contribution is -2.51. The van der Waals surface area contributed by atoms with Crippen LogP contribution in [0.2, 0.25) is 0 Å². The molecule has 0 saturated heterocycles. The fraction of sp³-hybridized carbons (Fsp3) is 0.933. The smallest absolute Gasteiger partial charge is 0.220 e. The van der Waals surface area contributed by atoms with E-state index < -0.39 is 0 Å². The molecule has 3 nitrogen and oxygen atoms in total. The fourth-order valence-electron chi connectivity index (χ4n) is 5.12. The first-order valence-corrected chi connectivity index (χ1v) is 7.57. The van der Waals surface area contributed by atoms with Gasteiger partial charge in [0.05, 0.1) is 0 Å². The average Bonchev–Trinajstić information content (AvgIpc) is 2.32. The highest BCUT2D eigenvalue weighted by Gasteiger charge is 2.50. The monoisotopic (exact) mass is 251 g/mol. The van der Waals surface area contributed by atoms with E-state index in [2.05, 4.69) is 5.32 Å². The van der Waals surface area contributed by atoms with Crippen LogP contribution in [-0.2, 0) is 4.79 Å². The molecule has 4 fully saturated rings. The Morgan fingerprint density at radius 1 is 1.11 bits per heavy atom. The van der Waals surface area contributed by atoms with Crippen LogP contribution in [0.25, 0.3) is 0 Å². The predicted molar refractivity (Wildman–Crippen MR) is 69.9 cm³/mol. The molecule has 0 heterocycles. The molecule has 102 valence electrons. The molecule has 4 bridgehead atoms. The molecule has 0 unspecified atom stereocenters. The minimum absolute atomic E-state index is 0.116. The van der Waals surface area contributed by atoms with Crippen LogP contribution in [-0.4, -0.2) is 24.2 Å². The summed E-state index contributed by atoms with van der Waals surface area (Å²) in [5.41, 5.74) is 0.434. The van der Waals surface area contributed by atoms with E-state index in [0.717, 1.165) is 24.3 Å². The van der Waals surface area contributed by atoms with Gasteiger partial charge in [0.15, 0.2) is 0 Å². The van der Waals surface area contributed by atoms with Crippen LogP contribution in [0.1, 0.15) is 51.4 Å². The molecule has 4 saturated carbocycles. The van der Waals surface area contributed by atoms with Crippen molar-refractivity contribution in [3.63, 3.8) is 0 Å². The predicted octanol–water partition coefficient (Wildman–Crippen LogP) is 2.09. The number of nitrogens with one attached hydrogen (secondary N) is 1. The molecule has 0 aromatic carbocycles. The Morgan fingerprint density at radius 2 is 1.67 bits per heavy atom. The number of aliphatic hydroxyl groups excluding tert-OH is 1. The van der Waals surface area contributed by atoms with Crippen LogP contribution < -0.4 is 5.32 Å². The van der Waals surface area contributed by atoms with Gasteiger partial charge in [0, 0.05) is 19.6 Å². The number of carbonyl (C=O) groups is 1. The third kappa shape index (κ3) is 2.42. The molecule has 4 aliphatic rings. The second-order valence-corrected chi connectivity index (χ2v) is 7.02. The summed E-state index contributed by atoms with van der Waals surface area (Å²) >= 11 is 0. The highest BCUT2D eigenvalue weighted by atomic mass is 16.3. The zero-order valence-corrected chi connectivity index (χ0v) is 11.2. The summed E-state index contributed by atoms with van der Waals surface area (Å²) in [5, 5.41) is 11.9.